The van der Waals surface area contributed by atoms with Crippen LogP contribution in [0.3, 0.4) is 0 Å². The minimum absolute atomic E-state index is 0.0105. The van der Waals surface area contributed by atoms with E-state index >= 15 is 0 Å². The third-order valence-corrected chi connectivity index (χ3v) is 5.47. The smallest absolute Gasteiger partial charge is 0.246 e. The molecule has 0 saturated heterocycles. The number of fused-ring (bicyclic) bond motifs is 1. The second kappa shape index (κ2) is 6.97. The fourth-order valence-electron chi connectivity index (χ4n) is 3.25. The van der Waals surface area contributed by atoms with Gasteiger partial charge in [0.15, 0.2) is 11.3 Å². The minimum atomic E-state index is -0.0105. The molecular formula is C21H20NO3P. The van der Waals surface area contributed by atoms with E-state index in [1.54, 1.807) is 12.3 Å². The molecule has 0 spiro atoms. The van der Waals surface area contributed by atoms with Crippen LogP contribution in [-0.2, 0) is 11.2 Å². The van der Waals surface area contributed by atoms with Crippen LogP contribution >= 0.6 is 8.73 Å². The normalized spacial score (nSPS) is 17.6. The molecule has 0 saturated carbocycles. The number of rotatable bonds is 4. The maximum absolute atomic E-state index is 11.3. The predicted molar refractivity (Wildman–Crippen MR) is 105 cm³/mol. The first-order valence-corrected chi connectivity index (χ1v) is 9.64. The molecule has 1 aliphatic heterocycles. The molecule has 0 bridgehead atoms. The van der Waals surface area contributed by atoms with Crippen molar-refractivity contribution in [3.8, 4) is 11.5 Å². The fraction of sp³-hybridized carbons (Fsp3) is 0.190. The summed E-state index contributed by atoms with van der Waals surface area (Å²) in [5, 5.41) is 3.93. The molecule has 2 unspecified atom stereocenters. The van der Waals surface area contributed by atoms with Gasteiger partial charge >= 0.3 is 0 Å². The Labute approximate surface area is 154 Å². The summed E-state index contributed by atoms with van der Waals surface area (Å²) in [4.78, 5) is 11.3. The van der Waals surface area contributed by atoms with Crippen molar-refractivity contribution in [2.75, 3.05) is 0 Å². The Balaban J connectivity index is 1.66. The molecule has 1 aromatic heterocycles. The van der Waals surface area contributed by atoms with E-state index in [0.717, 1.165) is 45.6 Å². The number of allylic oxidation sites excluding steroid dienone is 1. The number of carbonyl (C=O) groups excluding carboxylic acids is 1. The molecule has 5 heteroatoms. The Morgan fingerprint density at radius 2 is 1.96 bits per heavy atom. The van der Waals surface area contributed by atoms with Gasteiger partial charge < -0.3 is 14.2 Å². The zero-order valence-electron chi connectivity index (χ0n) is 14.7. The largest absolute Gasteiger partial charge is 0.460 e. The molecule has 2 heterocycles. The molecular weight excluding hydrogens is 345 g/mol. The topological polar surface area (TPSA) is 51.5 Å². The number of furan rings is 1. The standard InChI is InChI=1S/C21H20NO3P/c1-13-7-14(2)9-17(8-13)25-19-12-15(10-16-5-6-24-21(16)19)11-18-3-4-20(23)22-26-18/h3-10,12,18,26H,11H2,1-2H3,(H,22,23). The summed E-state index contributed by atoms with van der Waals surface area (Å²) in [6.07, 6.45) is 6.14. The van der Waals surface area contributed by atoms with Crippen LogP contribution in [0.25, 0.3) is 11.0 Å². The van der Waals surface area contributed by atoms with Crippen molar-refractivity contribution >= 4 is 25.6 Å². The average Bonchev–Trinajstić information content (AvgIpc) is 3.05. The molecule has 1 N–H and O–H groups in total. The number of benzene rings is 2. The number of aryl methyl sites for hydroxylation is 2. The van der Waals surface area contributed by atoms with Gasteiger partial charge in [-0.05, 0) is 82.1 Å². The number of carbonyl (C=O) groups is 1. The Morgan fingerprint density at radius 3 is 2.69 bits per heavy atom. The van der Waals surface area contributed by atoms with Crippen molar-refractivity contribution in [3.05, 3.63) is 71.5 Å². The van der Waals surface area contributed by atoms with E-state index in [1.807, 2.05) is 30.3 Å². The zero-order valence-corrected chi connectivity index (χ0v) is 15.7. The van der Waals surface area contributed by atoms with Crippen LogP contribution in [-0.4, -0.2) is 11.6 Å². The first kappa shape index (κ1) is 16.9. The van der Waals surface area contributed by atoms with E-state index in [2.05, 4.69) is 31.1 Å². The third kappa shape index (κ3) is 3.66. The van der Waals surface area contributed by atoms with E-state index in [9.17, 15) is 4.79 Å². The van der Waals surface area contributed by atoms with Gasteiger partial charge in [-0.25, -0.2) is 0 Å². The van der Waals surface area contributed by atoms with Crippen molar-refractivity contribution in [1.29, 1.82) is 0 Å². The highest BCUT2D eigenvalue weighted by Gasteiger charge is 2.16. The minimum Gasteiger partial charge on any atom is -0.460 e. The summed E-state index contributed by atoms with van der Waals surface area (Å²) in [7, 11) is 0.399. The summed E-state index contributed by atoms with van der Waals surface area (Å²) >= 11 is 0. The van der Waals surface area contributed by atoms with Crippen molar-refractivity contribution < 1.29 is 13.9 Å². The fourth-order valence-corrected chi connectivity index (χ4v) is 4.19. The van der Waals surface area contributed by atoms with Crippen LogP contribution in [0.4, 0.5) is 0 Å². The number of hydrogen-bond acceptors (Lipinski definition) is 3. The maximum atomic E-state index is 11.3. The van der Waals surface area contributed by atoms with E-state index in [1.165, 1.54) is 0 Å². The van der Waals surface area contributed by atoms with Crippen molar-refractivity contribution in [2.45, 2.75) is 25.9 Å². The van der Waals surface area contributed by atoms with Crippen LogP contribution in [0, 0.1) is 13.8 Å². The summed E-state index contributed by atoms with van der Waals surface area (Å²) in [6, 6.07) is 12.3. The lowest BCUT2D eigenvalue weighted by atomic mass is 10.1. The number of hydrogen-bond donors (Lipinski definition) is 1. The lowest BCUT2D eigenvalue weighted by molar-refractivity contribution is -0.114. The van der Waals surface area contributed by atoms with Crippen LogP contribution in [0.1, 0.15) is 16.7 Å². The molecule has 0 radical (unpaired) electrons. The molecule has 3 aromatic rings. The van der Waals surface area contributed by atoms with Crippen LogP contribution in [0.2, 0.25) is 0 Å². The molecule has 1 aliphatic rings. The van der Waals surface area contributed by atoms with Crippen molar-refractivity contribution in [1.82, 2.24) is 5.09 Å². The second-order valence-corrected chi connectivity index (χ2v) is 7.94. The van der Waals surface area contributed by atoms with E-state index in [0.29, 0.717) is 14.4 Å². The van der Waals surface area contributed by atoms with Crippen LogP contribution in [0.15, 0.2) is 59.2 Å². The van der Waals surface area contributed by atoms with Gasteiger partial charge in [-0.2, -0.15) is 0 Å². The van der Waals surface area contributed by atoms with E-state index in [4.69, 9.17) is 9.15 Å². The van der Waals surface area contributed by atoms with E-state index < -0.39 is 0 Å². The molecule has 4 rings (SSSR count). The summed E-state index contributed by atoms with van der Waals surface area (Å²) < 4.78 is 11.8. The van der Waals surface area contributed by atoms with Gasteiger partial charge in [0, 0.05) is 11.0 Å². The Hall–Kier alpha value is -2.58. The highest BCUT2D eigenvalue weighted by atomic mass is 31.1. The molecule has 4 nitrogen and oxygen atoms in total. The third-order valence-electron chi connectivity index (χ3n) is 4.32. The summed E-state index contributed by atoms with van der Waals surface area (Å²) in [6.45, 7) is 4.12. The van der Waals surface area contributed by atoms with Gasteiger partial charge in [-0.3, -0.25) is 4.79 Å². The molecule has 132 valence electrons. The summed E-state index contributed by atoms with van der Waals surface area (Å²) in [5.41, 5.74) is 4.55. The monoisotopic (exact) mass is 365 g/mol. The average molecular weight is 365 g/mol. The van der Waals surface area contributed by atoms with Crippen LogP contribution in [0.5, 0.6) is 11.5 Å². The first-order valence-electron chi connectivity index (χ1n) is 8.57. The highest BCUT2D eigenvalue weighted by molar-refractivity contribution is 7.38. The predicted octanol–water partition coefficient (Wildman–Crippen LogP) is 5.03. The Bertz CT molecular complexity index is 985. The van der Waals surface area contributed by atoms with Gasteiger partial charge in [-0.15, -0.1) is 0 Å². The number of ether oxygens (including phenoxy) is 1. The first-order chi connectivity index (χ1) is 12.6. The van der Waals surface area contributed by atoms with Gasteiger partial charge in [0.1, 0.15) is 5.75 Å². The Kier molecular flexibility index (Phi) is 4.52. The molecule has 26 heavy (non-hydrogen) atoms. The van der Waals surface area contributed by atoms with Gasteiger partial charge in [0.2, 0.25) is 5.91 Å². The SMILES string of the molecule is Cc1cc(C)cc(Oc2cc(CC3C=CC(=O)NP3)cc3ccoc23)c1. The lowest BCUT2D eigenvalue weighted by Crippen LogP contribution is -2.21. The zero-order chi connectivity index (χ0) is 18.1. The molecule has 0 aliphatic carbocycles. The van der Waals surface area contributed by atoms with Crippen molar-refractivity contribution in [3.63, 3.8) is 0 Å². The Morgan fingerprint density at radius 1 is 1.15 bits per heavy atom. The molecule has 1 amide bonds. The number of nitrogens with one attached hydrogen (secondary N) is 1. The molecule has 0 fully saturated rings. The second-order valence-electron chi connectivity index (χ2n) is 6.66. The quantitative estimate of drug-likeness (QED) is 0.660. The van der Waals surface area contributed by atoms with Crippen molar-refractivity contribution in [2.24, 2.45) is 0 Å². The van der Waals surface area contributed by atoms with Gasteiger partial charge in [-0.1, -0.05) is 12.1 Å². The molecule has 2 atom stereocenters. The maximum Gasteiger partial charge on any atom is 0.246 e. The van der Waals surface area contributed by atoms with Gasteiger partial charge in [0.25, 0.3) is 0 Å². The van der Waals surface area contributed by atoms with E-state index in [-0.39, 0.29) is 5.91 Å². The highest BCUT2D eigenvalue weighted by Crippen LogP contribution is 2.34. The molecule has 2 aromatic carbocycles. The lowest BCUT2D eigenvalue weighted by Gasteiger charge is -2.17. The number of amides is 1. The van der Waals surface area contributed by atoms with Gasteiger partial charge in [0.05, 0.1) is 6.26 Å². The van der Waals surface area contributed by atoms with Crippen LogP contribution < -0.4 is 9.82 Å². The summed E-state index contributed by atoms with van der Waals surface area (Å²) in [5.74, 6) is 1.52.